The highest BCUT2D eigenvalue weighted by Crippen LogP contribution is 2.72. The fourth-order valence-corrected chi connectivity index (χ4v) is 3.86. The highest BCUT2D eigenvalue weighted by molar-refractivity contribution is 6.05. The number of hydrogen-bond acceptors (Lipinski definition) is 3. The first-order chi connectivity index (χ1) is 9.69. The molecule has 0 spiro atoms. The van der Waals surface area contributed by atoms with Crippen LogP contribution in [0.4, 0.5) is 13.2 Å². The van der Waals surface area contributed by atoms with E-state index in [1.165, 1.54) is 0 Å². The highest BCUT2D eigenvalue weighted by Gasteiger charge is 2.81. The minimum atomic E-state index is -4.28. The maximum atomic E-state index is 13.2. The quantitative estimate of drug-likeness (QED) is 0.653. The second kappa shape index (κ2) is 4.12. The van der Waals surface area contributed by atoms with Crippen molar-refractivity contribution in [1.29, 1.82) is 0 Å². The molecule has 2 amide bonds. The summed E-state index contributed by atoms with van der Waals surface area (Å²) >= 11 is 0. The number of hydrogen-bond donors (Lipinski definition) is 3. The minimum Gasteiger partial charge on any atom is -0.369 e. The Kier molecular flexibility index (Phi) is 2.87. The largest absolute Gasteiger partial charge is 0.396 e. The Hall–Kier alpha value is -1.31. The van der Waals surface area contributed by atoms with E-state index in [0.29, 0.717) is 12.8 Å². The van der Waals surface area contributed by atoms with Gasteiger partial charge >= 0.3 is 6.18 Å². The smallest absolute Gasteiger partial charge is 0.369 e. The Bertz CT molecular complexity index is 503. The molecule has 21 heavy (non-hydrogen) atoms. The summed E-state index contributed by atoms with van der Waals surface area (Å²) in [7, 11) is 0. The van der Waals surface area contributed by atoms with Crippen molar-refractivity contribution in [2.45, 2.75) is 31.9 Å². The molecule has 2 saturated carbocycles. The topological polar surface area (TPSA) is 84.2 Å². The summed E-state index contributed by atoms with van der Waals surface area (Å²) in [5, 5.41) is 5.31. The third-order valence-corrected chi connectivity index (χ3v) is 5.66. The van der Waals surface area contributed by atoms with E-state index in [4.69, 9.17) is 5.73 Å². The van der Waals surface area contributed by atoms with Crippen LogP contribution in [0.15, 0.2) is 0 Å². The minimum absolute atomic E-state index is 0.0281. The van der Waals surface area contributed by atoms with Crippen LogP contribution < -0.4 is 16.4 Å². The van der Waals surface area contributed by atoms with Crippen LogP contribution in [0.2, 0.25) is 0 Å². The van der Waals surface area contributed by atoms with Gasteiger partial charge in [0.05, 0.1) is 5.41 Å². The van der Waals surface area contributed by atoms with Crippen molar-refractivity contribution in [3.63, 3.8) is 0 Å². The number of carbonyl (C=O) groups is 2. The zero-order chi connectivity index (χ0) is 15.5. The number of carbonyl (C=O) groups excluding carboxylic acids is 2. The first kappa shape index (κ1) is 14.6. The number of piperidine rings is 1. The van der Waals surface area contributed by atoms with E-state index < -0.39 is 34.2 Å². The number of halogens is 3. The van der Waals surface area contributed by atoms with Gasteiger partial charge in [-0.2, -0.15) is 13.2 Å². The average Bonchev–Trinajstić information content (AvgIpc) is 2.82. The first-order valence-corrected chi connectivity index (χ1v) is 7.05. The monoisotopic (exact) mass is 305 g/mol. The van der Waals surface area contributed by atoms with E-state index >= 15 is 0 Å². The lowest BCUT2D eigenvalue weighted by Gasteiger charge is -2.37. The molecule has 0 radical (unpaired) electrons. The summed E-state index contributed by atoms with van der Waals surface area (Å²) in [6.45, 7) is 0.0665. The Morgan fingerprint density at radius 1 is 1.24 bits per heavy atom. The molecule has 3 rings (SSSR count). The predicted octanol–water partition coefficient (Wildman–Crippen LogP) is 0.300. The van der Waals surface area contributed by atoms with Gasteiger partial charge in [0.2, 0.25) is 11.8 Å². The molecule has 118 valence electrons. The van der Waals surface area contributed by atoms with Crippen LogP contribution in [0.25, 0.3) is 0 Å². The van der Waals surface area contributed by atoms with Gasteiger partial charge in [0.25, 0.3) is 0 Å². The van der Waals surface area contributed by atoms with Crippen molar-refractivity contribution in [2.75, 3.05) is 19.6 Å². The maximum Gasteiger partial charge on any atom is 0.396 e. The van der Waals surface area contributed by atoms with Crippen molar-refractivity contribution >= 4 is 11.8 Å². The first-order valence-electron chi connectivity index (χ1n) is 7.05. The molecule has 0 unspecified atom stereocenters. The maximum absolute atomic E-state index is 13.2. The Morgan fingerprint density at radius 2 is 1.90 bits per heavy atom. The van der Waals surface area contributed by atoms with Gasteiger partial charge in [-0.3, -0.25) is 9.59 Å². The normalized spacial score (nSPS) is 36.5. The van der Waals surface area contributed by atoms with Crippen LogP contribution in [0.5, 0.6) is 0 Å². The molecule has 2 atom stereocenters. The summed E-state index contributed by atoms with van der Waals surface area (Å²) in [4.78, 5) is 23.6. The molecule has 2 aliphatic carbocycles. The molecule has 1 saturated heterocycles. The summed E-state index contributed by atoms with van der Waals surface area (Å²) in [5.74, 6) is -1.21. The summed E-state index contributed by atoms with van der Waals surface area (Å²) in [5.41, 5.74) is 1.36. The van der Waals surface area contributed by atoms with E-state index in [1.807, 2.05) is 0 Å². The van der Waals surface area contributed by atoms with Crippen molar-refractivity contribution in [1.82, 2.24) is 10.6 Å². The Labute approximate surface area is 119 Å². The van der Waals surface area contributed by atoms with Crippen LogP contribution in [0, 0.1) is 16.2 Å². The van der Waals surface area contributed by atoms with Crippen LogP contribution in [0.1, 0.15) is 25.7 Å². The van der Waals surface area contributed by atoms with Gasteiger partial charge in [-0.25, -0.2) is 0 Å². The van der Waals surface area contributed by atoms with Crippen molar-refractivity contribution < 1.29 is 22.8 Å². The van der Waals surface area contributed by atoms with Crippen LogP contribution in [-0.2, 0) is 9.59 Å². The van der Waals surface area contributed by atoms with E-state index in [0.717, 1.165) is 6.42 Å². The summed E-state index contributed by atoms with van der Waals surface area (Å²) in [6.07, 6.45) is -2.76. The standard InChI is InChI=1S/C13H18F3N3O2/c14-13(15,16)12-4-10(12,5-18-7-12)6-19-9(21)11(8(17)20)2-1-3-11/h18H,1-7H2,(H2,17,20)(H,19,21)/t10-,12-/m1/s1. The summed E-state index contributed by atoms with van der Waals surface area (Å²) in [6, 6.07) is 0. The molecule has 1 heterocycles. The zero-order valence-electron chi connectivity index (χ0n) is 11.5. The number of alkyl halides is 3. The SMILES string of the molecule is NC(=O)C1(C(=O)NC[C@@]23CNC[C@]2(C(F)(F)F)C3)CCC1. The van der Waals surface area contributed by atoms with Gasteiger partial charge in [0.15, 0.2) is 0 Å². The second-order valence-electron chi connectivity index (χ2n) is 6.62. The molecule has 4 N–H and O–H groups in total. The van der Waals surface area contributed by atoms with E-state index in [2.05, 4.69) is 10.6 Å². The lowest BCUT2D eigenvalue weighted by atomic mass is 9.67. The van der Waals surface area contributed by atoms with E-state index in [-0.39, 0.29) is 26.1 Å². The average molecular weight is 305 g/mol. The third kappa shape index (κ3) is 1.74. The van der Waals surface area contributed by atoms with Crippen molar-refractivity contribution in [3.8, 4) is 0 Å². The van der Waals surface area contributed by atoms with Crippen LogP contribution in [-0.4, -0.2) is 37.6 Å². The Balaban J connectivity index is 1.67. The molecular formula is C13H18F3N3O2. The second-order valence-corrected chi connectivity index (χ2v) is 6.62. The van der Waals surface area contributed by atoms with Crippen LogP contribution in [0.3, 0.4) is 0 Å². The molecule has 0 aromatic rings. The highest BCUT2D eigenvalue weighted by atomic mass is 19.4. The van der Waals surface area contributed by atoms with Crippen LogP contribution >= 0.6 is 0 Å². The summed E-state index contributed by atoms with van der Waals surface area (Å²) < 4.78 is 39.5. The lowest BCUT2D eigenvalue weighted by molar-refractivity contribution is -0.190. The van der Waals surface area contributed by atoms with Gasteiger partial charge in [-0.1, -0.05) is 6.42 Å². The van der Waals surface area contributed by atoms with Gasteiger partial charge in [-0.15, -0.1) is 0 Å². The molecule has 8 heteroatoms. The van der Waals surface area contributed by atoms with Gasteiger partial charge in [0.1, 0.15) is 5.41 Å². The molecule has 1 aliphatic heterocycles. The Morgan fingerprint density at radius 3 is 2.33 bits per heavy atom. The number of fused-ring (bicyclic) bond motifs is 1. The number of rotatable bonds is 4. The number of nitrogens with one attached hydrogen (secondary N) is 2. The number of nitrogens with two attached hydrogens (primary N) is 1. The van der Waals surface area contributed by atoms with E-state index in [9.17, 15) is 22.8 Å². The number of primary amides is 1. The van der Waals surface area contributed by atoms with Crippen molar-refractivity contribution in [2.24, 2.45) is 22.0 Å². The predicted molar refractivity (Wildman–Crippen MR) is 66.9 cm³/mol. The van der Waals surface area contributed by atoms with Gasteiger partial charge in [0, 0.05) is 25.0 Å². The molecule has 3 aliphatic rings. The molecule has 0 aromatic carbocycles. The molecule has 3 fully saturated rings. The zero-order valence-corrected chi connectivity index (χ0v) is 11.5. The molecule has 0 bridgehead atoms. The number of amides is 2. The third-order valence-electron chi connectivity index (χ3n) is 5.66. The fourth-order valence-electron chi connectivity index (χ4n) is 3.86. The molecule has 0 aromatic heterocycles. The van der Waals surface area contributed by atoms with E-state index in [1.54, 1.807) is 0 Å². The van der Waals surface area contributed by atoms with Gasteiger partial charge < -0.3 is 16.4 Å². The fraction of sp³-hybridized carbons (Fsp3) is 0.846. The lowest BCUT2D eigenvalue weighted by Crippen LogP contribution is -2.55. The molecular weight excluding hydrogens is 287 g/mol. The van der Waals surface area contributed by atoms with Gasteiger partial charge in [-0.05, 0) is 19.3 Å². The van der Waals surface area contributed by atoms with Crippen molar-refractivity contribution in [3.05, 3.63) is 0 Å². The molecule has 5 nitrogen and oxygen atoms in total.